The number of ether oxygens (including phenoxy) is 1. The van der Waals surface area contributed by atoms with E-state index in [1.807, 2.05) is 6.20 Å². The maximum Gasteiger partial charge on any atom is 0.418 e. The molecule has 2 aromatic heterocycles. The van der Waals surface area contributed by atoms with E-state index in [1.54, 1.807) is 0 Å². The number of morpholine rings is 1. The highest BCUT2D eigenvalue weighted by Gasteiger charge is 2.71. The standard InChI is InChI=1S/C22H27F3N4O/c1-14(2)19-27-18(16-8-17(22(23,24)25)15(3)26-9-16)10-29(19)21-11-20(12-21,13-21)28-4-6-30-7-5-28/h8-10,14H,4-7,11-13H2,1-3H3. The number of rotatable bonds is 4. The van der Waals surface area contributed by atoms with Crippen LogP contribution in [-0.4, -0.2) is 51.3 Å². The van der Waals surface area contributed by atoms with Crippen LogP contribution in [0.4, 0.5) is 13.2 Å². The fraction of sp³-hybridized carbons (Fsp3) is 0.636. The Labute approximate surface area is 174 Å². The lowest BCUT2D eigenvalue weighted by molar-refractivity contribution is -0.221. The summed E-state index contributed by atoms with van der Waals surface area (Å²) in [5.41, 5.74) is 0.606. The average molecular weight is 420 g/mol. The summed E-state index contributed by atoms with van der Waals surface area (Å²) in [4.78, 5) is 11.3. The summed E-state index contributed by atoms with van der Waals surface area (Å²) in [7, 11) is 0. The number of hydrogen-bond donors (Lipinski definition) is 0. The lowest BCUT2D eigenvalue weighted by atomic mass is 9.43. The highest BCUT2D eigenvalue weighted by Crippen LogP contribution is 2.68. The first-order valence-electron chi connectivity index (χ1n) is 10.6. The Kier molecular flexibility index (Phi) is 4.35. The molecule has 2 aromatic rings. The van der Waals surface area contributed by atoms with Crippen LogP contribution in [-0.2, 0) is 16.5 Å². The zero-order chi connectivity index (χ0) is 21.3. The Morgan fingerprint density at radius 2 is 1.77 bits per heavy atom. The third-order valence-electron chi connectivity index (χ3n) is 7.10. The first kappa shape index (κ1) is 20.0. The molecule has 6 rings (SSSR count). The van der Waals surface area contributed by atoms with E-state index in [0.29, 0.717) is 11.3 Å². The molecule has 3 saturated carbocycles. The lowest BCUT2D eigenvalue weighted by Crippen LogP contribution is -2.79. The number of imidazole rings is 1. The summed E-state index contributed by atoms with van der Waals surface area (Å²) in [6.45, 7) is 9.11. The van der Waals surface area contributed by atoms with Crippen molar-refractivity contribution in [3.05, 3.63) is 35.5 Å². The molecule has 0 atom stereocenters. The molecule has 4 fully saturated rings. The maximum atomic E-state index is 13.4. The molecule has 3 aliphatic carbocycles. The lowest BCUT2D eigenvalue weighted by Gasteiger charge is -2.74. The van der Waals surface area contributed by atoms with Crippen LogP contribution in [0.15, 0.2) is 18.5 Å². The highest BCUT2D eigenvalue weighted by atomic mass is 19.4. The van der Waals surface area contributed by atoms with Gasteiger partial charge in [-0.15, -0.1) is 0 Å². The predicted molar refractivity (Wildman–Crippen MR) is 106 cm³/mol. The molecule has 2 bridgehead atoms. The Morgan fingerprint density at radius 1 is 1.10 bits per heavy atom. The van der Waals surface area contributed by atoms with Crippen molar-refractivity contribution in [2.24, 2.45) is 0 Å². The second-order valence-electron chi connectivity index (χ2n) is 9.44. The fourth-order valence-corrected chi connectivity index (χ4v) is 5.59. The minimum absolute atomic E-state index is 0.0124. The van der Waals surface area contributed by atoms with Gasteiger partial charge < -0.3 is 9.30 Å². The second-order valence-corrected chi connectivity index (χ2v) is 9.44. The van der Waals surface area contributed by atoms with E-state index in [-0.39, 0.29) is 22.7 Å². The normalized spacial score (nSPS) is 29.0. The van der Waals surface area contributed by atoms with Crippen molar-refractivity contribution in [1.82, 2.24) is 19.4 Å². The van der Waals surface area contributed by atoms with Crippen LogP contribution in [0.1, 0.15) is 56.1 Å². The first-order valence-corrected chi connectivity index (χ1v) is 10.6. The largest absolute Gasteiger partial charge is 0.418 e. The number of aromatic nitrogens is 3. The van der Waals surface area contributed by atoms with Gasteiger partial charge in [0, 0.05) is 48.2 Å². The molecule has 5 nitrogen and oxygen atoms in total. The minimum Gasteiger partial charge on any atom is -0.379 e. The van der Waals surface area contributed by atoms with Crippen molar-refractivity contribution in [2.45, 2.75) is 63.2 Å². The van der Waals surface area contributed by atoms with Gasteiger partial charge in [0.1, 0.15) is 5.82 Å². The highest BCUT2D eigenvalue weighted by molar-refractivity contribution is 5.60. The predicted octanol–water partition coefficient (Wildman–Crippen LogP) is 4.36. The summed E-state index contributed by atoms with van der Waals surface area (Å²) < 4.78 is 47.8. The molecule has 4 aliphatic rings. The van der Waals surface area contributed by atoms with Crippen LogP contribution in [0.3, 0.4) is 0 Å². The summed E-state index contributed by atoms with van der Waals surface area (Å²) in [6, 6.07) is 1.18. The van der Waals surface area contributed by atoms with Gasteiger partial charge in [-0.05, 0) is 32.3 Å². The Balaban J connectivity index is 1.45. The van der Waals surface area contributed by atoms with Gasteiger partial charge in [-0.2, -0.15) is 13.2 Å². The van der Waals surface area contributed by atoms with E-state index in [0.717, 1.165) is 51.4 Å². The molecule has 1 saturated heterocycles. The molecule has 0 amide bonds. The quantitative estimate of drug-likeness (QED) is 0.737. The van der Waals surface area contributed by atoms with E-state index >= 15 is 0 Å². The maximum absolute atomic E-state index is 13.4. The molecule has 0 N–H and O–H groups in total. The molecule has 30 heavy (non-hydrogen) atoms. The van der Waals surface area contributed by atoms with Gasteiger partial charge in [0.15, 0.2) is 0 Å². The van der Waals surface area contributed by atoms with E-state index in [4.69, 9.17) is 9.72 Å². The average Bonchev–Trinajstić information content (AvgIpc) is 3.05. The molecule has 0 radical (unpaired) electrons. The van der Waals surface area contributed by atoms with Crippen molar-refractivity contribution < 1.29 is 17.9 Å². The molecular formula is C22H27F3N4O. The molecular weight excluding hydrogens is 393 g/mol. The molecule has 1 aliphatic heterocycles. The minimum atomic E-state index is -4.42. The fourth-order valence-electron chi connectivity index (χ4n) is 5.59. The Morgan fingerprint density at radius 3 is 2.37 bits per heavy atom. The smallest absolute Gasteiger partial charge is 0.379 e. The number of hydrogen-bond acceptors (Lipinski definition) is 4. The van der Waals surface area contributed by atoms with E-state index in [1.165, 1.54) is 19.2 Å². The van der Waals surface area contributed by atoms with Crippen LogP contribution in [0, 0.1) is 6.92 Å². The monoisotopic (exact) mass is 420 g/mol. The summed E-state index contributed by atoms with van der Waals surface area (Å²) in [5, 5.41) is 0. The van der Waals surface area contributed by atoms with Crippen LogP contribution < -0.4 is 0 Å². The third-order valence-corrected chi connectivity index (χ3v) is 7.10. The summed E-state index contributed by atoms with van der Waals surface area (Å²) in [6.07, 6.45) is 2.26. The SMILES string of the molecule is Cc1ncc(-c2cn(C34CC(N5CCOCC5)(C3)C4)c(C(C)C)n2)cc1C(F)(F)F. The van der Waals surface area contributed by atoms with Gasteiger partial charge in [-0.3, -0.25) is 9.88 Å². The molecule has 162 valence electrons. The van der Waals surface area contributed by atoms with Crippen molar-refractivity contribution in [1.29, 1.82) is 0 Å². The van der Waals surface area contributed by atoms with E-state index in [2.05, 4.69) is 28.3 Å². The Bertz CT molecular complexity index is 955. The number of pyridine rings is 1. The summed E-state index contributed by atoms with van der Waals surface area (Å²) in [5.74, 6) is 1.13. The van der Waals surface area contributed by atoms with E-state index in [9.17, 15) is 13.2 Å². The number of aryl methyl sites for hydroxylation is 1. The van der Waals surface area contributed by atoms with Gasteiger partial charge >= 0.3 is 6.18 Å². The molecule has 0 unspecified atom stereocenters. The van der Waals surface area contributed by atoms with Crippen molar-refractivity contribution >= 4 is 0 Å². The van der Waals surface area contributed by atoms with Crippen LogP contribution in [0.25, 0.3) is 11.3 Å². The third kappa shape index (κ3) is 2.91. The summed E-state index contributed by atoms with van der Waals surface area (Å²) >= 11 is 0. The Hall–Kier alpha value is -1.93. The van der Waals surface area contributed by atoms with Gasteiger partial charge in [0.2, 0.25) is 0 Å². The van der Waals surface area contributed by atoms with Crippen LogP contribution in [0.2, 0.25) is 0 Å². The van der Waals surface area contributed by atoms with Crippen molar-refractivity contribution in [3.63, 3.8) is 0 Å². The first-order chi connectivity index (χ1) is 14.1. The molecule has 0 aromatic carbocycles. The second kappa shape index (κ2) is 6.53. The number of nitrogens with zero attached hydrogens (tertiary/aromatic N) is 4. The van der Waals surface area contributed by atoms with Gasteiger partial charge in [0.25, 0.3) is 0 Å². The van der Waals surface area contributed by atoms with Crippen LogP contribution in [0.5, 0.6) is 0 Å². The van der Waals surface area contributed by atoms with E-state index < -0.39 is 11.7 Å². The van der Waals surface area contributed by atoms with Gasteiger partial charge in [-0.1, -0.05) is 13.8 Å². The topological polar surface area (TPSA) is 43.2 Å². The van der Waals surface area contributed by atoms with Gasteiger partial charge in [0.05, 0.1) is 30.0 Å². The number of halogens is 3. The molecule has 8 heteroatoms. The molecule has 0 spiro atoms. The number of alkyl halides is 3. The zero-order valence-electron chi connectivity index (χ0n) is 17.6. The zero-order valence-corrected chi connectivity index (χ0v) is 17.6. The van der Waals surface area contributed by atoms with Crippen molar-refractivity contribution in [2.75, 3.05) is 26.3 Å². The van der Waals surface area contributed by atoms with Gasteiger partial charge in [-0.25, -0.2) is 4.98 Å². The molecule has 3 heterocycles. The van der Waals surface area contributed by atoms with Crippen molar-refractivity contribution in [3.8, 4) is 11.3 Å². The van der Waals surface area contributed by atoms with Crippen LogP contribution >= 0.6 is 0 Å².